The molecule has 0 aliphatic carbocycles. The number of ether oxygens (including phenoxy) is 1. The van der Waals surface area contributed by atoms with Gasteiger partial charge in [-0.3, -0.25) is 14.4 Å². The Hall–Kier alpha value is -1.63. The highest BCUT2D eigenvalue weighted by Gasteiger charge is 2.55. The van der Waals surface area contributed by atoms with Crippen molar-refractivity contribution in [1.29, 1.82) is 0 Å². The molecule has 0 saturated carbocycles. The van der Waals surface area contributed by atoms with Gasteiger partial charge in [-0.1, -0.05) is 20.8 Å². The summed E-state index contributed by atoms with van der Waals surface area (Å²) in [5.41, 5.74) is -1.33. The fourth-order valence-corrected chi connectivity index (χ4v) is 4.56. The van der Waals surface area contributed by atoms with Gasteiger partial charge in [0.1, 0.15) is 0 Å². The summed E-state index contributed by atoms with van der Waals surface area (Å²) in [6.07, 6.45) is 2.02. The molecule has 3 fully saturated rings. The number of fused-ring (bicyclic) bond motifs is 1. The molecule has 1 unspecified atom stereocenters. The van der Waals surface area contributed by atoms with Crippen LogP contribution in [0.3, 0.4) is 0 Å². The van der Waals surface area contributed by atoms with Crippen LogP contribution in [0.2, 0.25) is 0 Å². The first kappa shape index (κ1) is 19.1. The third kappa shape index (κ3) is 3.33. The maximum atomic E-state index is 13.1. The summed E-state index contributed by atoms with van der Waals surface area (Å²) in [5, 5.41) is 9.77. The molecule has 3 rings (SSSR count). The van der Waals surface area contributed by atoms with Crippen molar-refractivity contribution < 1.29 is 24.2 Å². The van der Waals surface area contributed by atoms with Gasteiger partial charge in [0.2, 0.25) is 11.8 Å². The fraction of sp³-hybridized carbons (Fsp3) is 0.842. The maximum Gasteiger partial charge on any atom is 0.311 e. The zero-order chi connectivity index (χ0) is 19.1. The van der Waals surface area contributed by atoms with Crippen LogP contribution in [0, 0.1) is 22.7 Å². The number of carbonyl (C=O) groups is 3. The number of amides is 2. The topological polar surface area (TPSA) is 87.2 Å². The van der Waals surface area contributed by atoms with E-state index in [1.165, 1.54) is 0 Å². The number of piperidine rings is 1. The number of hydrogen-bond donors (Lipinski definition) is 1. The average molecular weight is 366 g/mol. The minimum atomic E-state index is -0.872. The minimum absolute atomic E-state index is 0.00793. The normalized spacial score (nSPS) is 32.3. The molecule has 146 valence electrons. The van der Waals surface area contributed by atoms with Crippen LogP contribution >= 0.6 is 0 Å². The van der Waals surface area contributed by atoms with E-state index in [1.807, 2.05) is 20.8 Å². The molecule has 7 nitrogen and oxygen atoms in total. The number of hydrogen-bond acceptors (Lipinski definition) is 4. The second-order valence-electron chi connectivity index (χ2n) is 9.04. The van der Waals surface area contributed by atoms with Crippen LogP contribution < -0.4 is 0 Å². The highest BCUT2D eigenvalue weighted by atomic mass is 16.5. The first-order valence-electron chi connectivity index (χ1n) is 9.54. The second-order valence-corrected chi connectivity index (χ2v) is 9.04. The van der Waals surface area contributed by atoms with E-state index in [2.05, 4.69) is 0 Å². The molecule has 3 aliphatic rings. The van der Waals surface area contributed by atoms with Crippen LogP contribution in [0.4, 0.5) is 0 Å². The standard InChI is InChI=1S/C19H30N2O5/c1-18(2,3)16(23)20-7-4-5-13(9-20)15(22)21-10-14-11-26-8-6-19(14,12-21)17(24)25/h13-14H,4-12H2,1-3H3,(H,24,25)/t13?,14-,19+/m0/s1. The van der Waals surface area contributed by atoms with Crippen molar-refractivity contribution in [3.63, 3.8) is 0 Å². The molecule has 2 amide bonds. The number of nitrogens with zero attached hydrogens (tertiary/aromatic N) is 2. The van der Waals surface area contributed by atoms with E-state index in [0.29, 0.717) is 39.3 Å². The minimum Gasteiger partial charge on any atom is -0.481 e. The molecule has 0 aromatic heterocycles. The summed E-state index contributed by atoms with van der Waals surface area (Å²) in [7, 11) is 0. The first-order chi connectivity index (χ1) is 12.1. The van der Waals surface area contributed by atoms with E-state index in [1.54, 1.807) is 9.80 Å². The Morgan fingerprint density at radius 3 is 2.50 bits per heavy atom. The van der Waals surface area contributed by atoms with Crippen molar-refractivity contribution in [2.75, 3.05) is 39.4 Å². The fourth-order valence-electron chi connectivity index (χ4n) is 4.56. The highest BCUT2D eigenvalue weighted by Crippen LogP contribution is 2.43. The van der Waals surface area contributed by atoms with Gasteiger partial charge < -0.3 is 19.6 Å². The van der Waals surface area contributed by atoms with E-state index in [9.17, 15) is 19.5 Å². The summed E-state index contributed by atoms with van der Waals surface area (Å²) in [4.78, 5) is 41.1. The number of rotatable bonds is 2. The molecular weight excluding hydrogens is 336 g/mol. The number of carboxylic acids is 1. The summed E-state index contributed by atoms with van der Waals surface area (Å²) in [6, 6.07) is 0. The van der Waals surface area contributed by atoms with Gasteiger partial charge in [0.15, 0.2) is 0 Å². The van der Waals surface area contributed by atoms with Gasteiger partial charge in [-0.05, 0) is 19.3 Å². The predicted octanol–water partition coefficient (Wildman–Crippen LogP) is 1.22. The highest BCUT2D eigenvalue weighted by molar-refractivity contribution is 5.85. The molecule has 0 aromatic carbocycles. The second kappa shape index (κ2) is 6.83. The maximum absolute atomic E-state index is 13.1. The van der Waals surface area contributed by atoms with E-state index in [-0.39, 0.29) is 30.2 Å². The summed E-state index contributed by atoms with van der Waals surface area (Å²) >= 11 is 0. The van der Waals surface area contributed by atoms with E-state index >= 15 is 0 Å². The third-order valence-corrected chi connectivity index (χ3v) is 6.14. The molecular formula is C19H30N2O5. The largest absolute Gasteiger partial charge is 0.481 e. The van der Waals surface area contributed by atoms with Crippen molar-refractivity contribution in [1.82, 2.24) is 9.80 Å². The zero-order valence-electron chi connectivity index (χ0n) is 16.0. The quantitative estimate of drug-likeness (QED) is 0.794. The molecule has 7 heteroatoms. The summed E-state index contributed by atoms with van der Waals surface area (Å²) < 4.78 is 5.46. The molecule has 3 saturated heterocycles. The summed E-state index contributed by atoms with van der Waals surface area (Å²) in [5.74, 6) is -1.14. The molecule has 3 aliphatic heterocycles. The van der Waals surface area contributed by atoms with E-state index in [4.69, 9.17) is 4.74 Å². The SMILES string of the molecule is CC(C)(C)C(=O)N1CCCC(C(=O)N2C[C@H]3COCC[C@@]3(C(=O)O)C2)C1. The Balaban J connectivity index is 1.70. The molecule has 0 bridgehead atoms. The van der Waals surface area contributed by atoms with Gasteiger partial charge in [-0.15, -0.1) is 0 Å². The van der Waals surface area contributed by atoms with Gasteiger partial charge in [0.25, 0.3) is 0 Å². The van der Waals surface area contributed by atoms with Gasteiger partial charge in [0.05, 0.1) is 17.9 Å². The Morgan fingerprint density at radius 2 is 1.88 bits per heavy atom. The molecule has 0 aromatic rings. The molecule has 0 radical (unpaired) electrons. The third-order valence-electron chi connectivity index (χ3n) is 6.14. The molecule has 26 heavy (non-hydrogen) atoms. The first-order valence-corrected chi connectivity index (χ1v) is 9.54. The smallest absolute Gasteiger partial charge is 0.311 e. The number of carboxylic acid groups (broad SMARTS) is 1. The number of aliphatic carboxylic acids is 1. The lowest BCUT2D eigenvalue weighted by atomic mass is 9.74. The van der Waals surface area contributed by atoms with Crippen molar-refractivity contribution >= 4 is 17.8 Å². The lowest BCUT2D eigenvalue weighted by Crippen LogP contribution is -2.49. The molecule has 0 spiro atoms. The molecule has 3 atom stereocenters. The zero-order valence-corrected chi connectivity index (χ0v) is 16.0. The van der Waals surface area contributed by atoms with Crippen LogP contribution in [0.15, 0.2) is 0 Å². The van der Waals surface area contributed by atoms with E-state index < -0.39 is 16.8 Å². The molecule has 1 N–H and O–H groups in total. The predicted molar refractivity (Wildman–Crippen MR) is 94.3 cm³/mol. The van der Waals surface area contributed by atoms with Crippen LogP contribution in [-0.2, 0) is 19.1 Å². The Labute approximate surface area is 154 Å². The number of likely N-dealkylation sites (tertiary alicyclic amines) is 2. The lowest BCUT2D eigenvalue weighted by molar-refractivity contribution is -0.157. The van der Waals surface area contributed by atoms with Gasteiger partial charge in [-0.2, -0.15) is 0 Å². The average Bonchev–Trinajstić information content (AvgIpc) is 3.01. The molecule has 3 heterocycles. The number of carbonyl (C=O) groups excluding carboxylic acids is 2. The van der Waals surface area contributed by atoms with Crippen molar-refractivity contribution in [2.45, 2.75) is 40.0 Å². The Morgan fingerprint density at radius 1 is 1.15 bits per heavy atom. The van der Waals surface area contributed by atoms with Crippen molar-refractivity contribution in [2.24, 2.45) is 22.7 Å². The van der Waals surface area contributed by atoms with Crippen LogP contribution in [0.5, 0.6) is 0 Å². The monoisotopic (exact) mass is 366 g/mol. The van der Waals surface area contributed by atoms with E-state index in [0.717, 1.165) is 12.8 Å². The van der Waals surface area contributed by atoms with Crippen LogP contribution in [0.1, 0.15) is 40.0 Å². The summed E-state index contributed by atoms with van der Waals surface area (Å²) in [6.45, 7) is 8.33. The van der Waals surface area contributed by atoms with Gasteiger partial charge in [0, 0.05) is 44.1 Å². The van der Waals surface area contributed by atoms with Crippen LogP contribution in [0.25, 0.3) is 0 Å². The van der Waals surface area contributed by atoms with Gasteiger partial charge in [-0.25, -0.2) is 0 Å². The lowest BCUT2D eigenvalue weighted by Gasteiger charge is -2.37. The van der Waals surface area contributed by atoms with Crippen LogP contribution in [-0.4, -0.2) is 72.1 Å². The van der Waals surface area contributed by atoms with Crippen molar-refractivity contribution in [3.8, 4) is 0 Å². The van der Waals surface area contributed by atoms with Crippen molar-refractivity contribution in [3.05, 3.63) is 0 Å². The Bertz CT molecular complexity index is 599. The Kier molecular flexibility index (Phi) is 5.03. The van der Waals surface area contributed by atoms with Gasteiger partial charge >= 0.3 is 5.97 Å².